The van der Waals surface area contributed by atoms with E-state index in [1.165, 1.54) is 5.56 Å². The quantitative estimate of drug-likeness (QED) is 0.725. The molecule has 0 fully saturated rings. The van der Waals surface area contributed by atoms with Gasteiger partial charge in [-0.3, -0.25) is 0 Å². The summed E-state index contributed by atoms with van der Waals surface area (Å²) in [5.74, 6) is 0. The van der Waals surface area contributed by atoms with Gasteiger partial charge >= 0.3 is 0 Å². The molecule has 0 heterocycles. The second-order valence-corrected chi connectivity index (χ2v) is 4.49. The molecule has 0 spiro atoms. The van der Waals surface area contributed by atoms with Gasteiger partial charge < -0.3 is 10.1 Å². The fourth-order valence-electron chi connectivity index (χ4n) is 1.95. The van der Waals surface area contributed by atoms with Gasteiger partial charge in [-0.15, -0.1) is 0 Å². The minimum atomic E-state index is 0.754. The van der Waals surface area contributed by atoms with Crippen molar-refractivity contribution in [3.05, 3.63) is 66.2 Å². The fraction of sp³-hybridized carbons (Fsp3) is 0.294. The molecule has 0 radical (unpaired) electrons. The van der Waals surface area contributed by atoms with E-state index in [0.717, 1.165) is 38.3 Å². The minimum absolute atomic E-state index is 0.754. The van der Waals surface area contributed by atoms with Crippen molar-refractivity contribution in [3.63, 3.8) is 0 Å². The maximum atomic E-state index is 5.61. The van der Waals surface area contributed by atoms with Crippen LogP contribution in [0.5, 0.6) is 0 Å². The van der Waals surface area contributed by atoms with Gasteiger partial charge in [-0.25, -0.2) is 0 Å². The van der Waals surface area contributed by atoms with Crippen LogP contribution in [-0.4, -0.2) is 19.8 Å². The van der Waals surface area contributed by atoms with E-state index >= 15 is 0 Å². The summed E-state index contributed by atoms with van der Waals surface area (Å²) >= 11 is 0. The van der Waals surface area contributed by atoms with Crippen molar-refractivity contribution in [3.8, 4) is 0 Å². The van der Waals surface area contributed by atoms with Crippen LogP contribution in [0.4, 0.5) is 5.69 Å². The Kier molecular flexibility index (Phi) is 5.97. The zero-order valence-corrected chi connectivity index (χ0v) is 11.2. The summed E-state index contributed by atoms with van der Waals surface area (Å²) in [6.45, 7) is 2.43. The summed E-state index contributed by atoms with van der Waals surface area (Å²) in [7, 11) is 0. The molecule has 0 aliphatic carbocycles. The van der Waals surface area contributed by atoms with E-state index in [9.17, 15) is 0 Å². The Labute approximate surface area is 115 Å². The highest BCUT2D eigenvalue weighted by molar-refractivity contribution is 5.42. The Hall–Kier alpha value is -1.80. The first-order valence-corrected chi connectivity index (χ1v) is 6.86. The molecular weight excluding hydrogens is 234 g/mol. The standard InChI is InChI=1S/C17H21NO/c1-3-8-16(9-4-1)10-7-14-19-15-13-18-17-11-5-2-6-12-17/h1-6,8-9,11-12,18H,7,10,13-15H2. The Morgan fingerprint density at radius 2 is 1.47 bits per heavy atom. The lowest BCUT2D eigenvalue weighted by Gasteiger charge is -2.07. The lowest BCUT2D eigenvalue weighted by molar-refractivity contribution is 0.141. The average molecular weight is 255 g/mol. The number of para-hydroxylation sites is 1. The SMILES string of the molecule is c1ccc(CCCOCCNc2ccccc2)cc1. The molecule has 0 amide bonds. The Morgan fingerprint density at radius 3 is 2.21 bits per heavy atom. The molecule has 0 bridgehead atoms. The average Bonchev–Trinajstić information content (AvgIpc) is 2.48. The van der Waals surface area contributed by atoms with Crippen LogP contribution < -0.4 is 5.32 Å². The van der Waals surface area contributed by atoms with Crippen molar-refractivity contribution in [1.29, 1.82) is 0 Å². The first-order valence-electron chi connectivity index (χ1n) is 6.86. The molecular formula is C17H21NO. The van der Waals surface area contributed by atoms with Crippen molar-refractivity contribution in [2.24, 2.45) is 0 Å². The van der Waals surface area contributed by atoms with E-state index in [0.29, 0.717) is 0 Å². The van der Waals surface area contributed by atoms with Gasteiger partial charge in [0.1, 0.15) is 0 Å². The molecule has 100 valence electrons. The van der Waals surface area contributed by atoms with Gasteiger partial charge in [-0.2, -0.15) is 0 Å². The van der Waals surface area contributed by atoms with E-state index in [4.69, 9.17) is 4.74 Å². The predicted molar refractivity (Wildman–Crippen MR) is 80.5 cm³/mol. The molecule has 0 saturated heterocycles. The van der Waals surface area contributed by atoms with Crippen LogP contribution in [0.1, 0.15) is 12.0 Å². The topological polar surface area (TPSA) is 21.3 Å². The number of ether oxygens (including phenoxy) is 1. The van der Waals surface area contributed by atoms with Crippen LogP contribution in [-0.2, 0) is 11.2 Å². The molecule has 19 heavy (non-hydrogen) atoms. The van der Waals surface area contributed by atoms with Gasteiger partial charge in [0, 0.05) is 18.8 Å². The van der Waals surface area contributed by atoms with E-state index in [2.05, 4.69) is 47.8 Å². The molecule has 0 aliphatic rings. The van der Waals surface area contributed by atoms with Gasteiger partial charge in [-0.1, -0.05) is 48.5 Å². The number of nitrogens with one attached hydrogen (secondary N) is 1. The van der Waals surface area contributed by atoms with Crippen LogP contribution in [0.15, 0.2) is 60.7 Å². The fourth-order valence-corrected chi connectivity index (χ4v) is 1.95. The number of rotatable bonds is 8. The highest BCUT2D eigenvalue weighted by atomic mass is 16.5. The van der Waals surface area contributed by atoms with Crippen molar-refractivity contribution in [1.82, 2.24) is 0 Å². The Balaban J connectivity index is 1.49. The maximum absolute atomic E-state index is 5.61. The summed E-state index contributed by atoms with van der Waals surface area (Å²) in [6, 6.07) is 20.8. The highest BCUT2D eigenvalue weighted by Gasteiger charge is 1.93. The lowest BCUT2D eigenvalue weighted by atomic mass is 10.1. The molecule has 0 saturated carbocycles. The zero-order valence-electron chi connectivity index (χ0n) is 11.2. The third-order valence-electron chi connectivity index (χ3n) is 2.95. The second kappa shape index (κ2) is 8.33. The highest BCUT2D eigenvalue weighted by Crippen LogP contribution is 2.04. The lowest BCUT2D eigenvalue weighted by Crippen LogP contribution is -2.10. The summed E-state index contributed by atoms with van der Waals surface area (Å²) in [5, 5.41) is 3.33. The molecule has 0 aliphatic heterocycles. The third kappa shape index (κ3) is 5.58. The summed E-state index contributed by atoms with van der Waals surface area (Å²) in [4.78, 5) is 0. The molecule has 2 rings (SSSR count). The Bertz CT molecular complexity index is 398. The number of anilines is 1. The maximum Gasteiger partial charge on any atom is 0.0639 e. The molecule has 0 atom stereocenters. The smallest absolute Gasteiger partial charge is 0.0639 e. The van der Waals surface area contributed by atoms with E-state index in [1.54, 1.807) is 0 Å². The number of hydrogen-bond acceptors (Lipinski definition) is 2. The van der Waals surface area contributed by atoms with Crippen molar-refractivity contribution in [2.75, 3.05) is 25.1 Å². The minimum Gasteiger partial charge on any atom is -0.383 e. The monoisotopic (exact) mass is 255 g/mol. The first kappa shape index (κ1) is 13.6. The van der Waals surface area contributed by atoms with Crippen molar-refractivity contribution in [2.45, 2.75) is 12.8 Å². The number of hydrogen-bond donors (Lipinski definition) is 1. The summed E-state index contributed by atoms with van der Waals surface area (Å²) in [6.07, 6.45) is 2.17. The molecule has 1 N–H and O–H groups in total. The third-order valence-corrected chi connectivity index (χ3v) is 2.95. The second-order valence-electron chi connectivity index (χ2n) is 4.49. The largest absolute Gasteiger partial charge is 0.383 e. The van der Waals surface area contributed by atoms with Gasteiger partial charge in [0.2, 0.25) is 0 Å². The van der Waals surface area contributed by atoms with E-state index in [-0.39, 0.29) is 0 Å². The van der Waals surface area contributed by atoms with Gasteiger partial charge in [0.05, 0.1) is 6.61 Å². The normalized spacial score (nSPS) is 10.3. The molecule has 2 heteroatoms. The predicted octanol–water partition coefficient (Wildman–Crippen LogP) is 3.75. The van der Waals surface area contributed by atoms with Crippen LogP contribution in [0.3, 0.4) is 0 Å². The molecule has 2 nitrogen and oxygen atoms in total. The van der Waals surface area contributed by atoms with Crippen molar-refractivity contribution < 1.29 is 4.74 Å². The van der Waals surface area contributed by atoms with Gasteiger partial charge in [0.25, 0.3) is 0 Å². The molecule has 2 aromatic rings. The van der Waals surface area contributed by atoms with Gasteiger partial charge in [0.15, 0.2) is 0 Å². The summed E-state index contributed by atoms with van der Waals surface area (Å²) in [5.41, 5.74) is 2.53. The number of benzene rings is 2. The first-order chi connectivity index (χ1) is 9.45. The van der Waals surface area contributed by atoms with E-state index in [1.807, 2.05) is 18.2 Å². The van der Waals surface area contributed by atoms with Gasteiger partial charge in [-0.05, 0) is 30.5 Å². The van der Waals surface area contributed by atoms with E-state index < -0.39 is 0 Å². The van der Waals surface area contributed by atoms with Crippen LogP contribution >= 0.6 is 0 Å². The van der Waals surface area contributed by atoms with Crippen molar-refractivity contribution >= 4 is 5.69 Å². The molecule has 0 unspecified atom stereocenters. The van der Waals surface area contributed by atoms with Crippen LogP contribution in [0.25, 0.3) is 0 Å². The Morgan fingerprint density at radius 1 is 0.789 bits per heavy atom. The number of aryl methyl sites for hydroxylation is 1. The summed E-state index contributed by atoms with van der Waals surface area (Å²) < 4.78 is 5.61. The molecule has 2 aromatic carbocycles. The molecule has 0 aromatic heterocycles. The van der Waals surface area contributed by atoms with Crippen LogP contribution in [0, 0.1) is 0 Å². The van der Waals surface area contributed by atoms with Crippen LogP contribution in [0.2, 0.25) is 0 Å². The zero-order chi connectivity index (χ0) is 13.2.